The lowest BCUT2D eigenvalue weighted by Crippen LogP contribution is -2.14. The van der Waals surface area contributed by atoms with Crippen LogP contribution in [-0.2, 0) is 0 Å². The average molecular weight is 372 g/mol. The fourth-order valence-electron chi connectivity index (χ4n) is 2.07. The van der Waals surface area contributed by atoms with E-state index in [9.17, 15) is 9.59 Å². The second-order valence-corrected chi connectivity index (χ2v) is 5.77. The molecule has 5 nitrogen and oxygen atoms in total. The quantitative estimate of drug-likeness (QED) is 0.762. The summed E-state index contributed by atoms with van der Waals surface area (Å²) in [5, 5.41) is 12.3. The molecule has 0 aliphatic carbocycles. The Labute approximate surface area is 134 Å². The maximum Gasteiger partial charge on any atom is 0.352 e. The Balaban J connectivity index is 2.32. The summed E-state index contributed by atoms with van der Waals surface area (Å²) >= 11 is 9.17. The zero-order valence-electron chi connectivity index (χ0n) is 11.3. The fourth-order valence-corrected chi connectivity index (χ4v) is 2.57. The number of carboxylic acid groups (broad SMARTS) is 1. The lowest BCUT2D eigenvalue weighted by Gasteiger charge is -2.07. The maximum absolute atomic E-state index is 12.3. The van der Waals surface area contributed by atoms with Gasteiger partial charge in [-0.2, -0.15) is 0 Å². The molecular formula is C14H12BrClN2O3. The lowest BCUT2D eigenvalue weighted by molar-refractivity contribution is 0.0690. The van der Waals surface area contributed by atoms with Gasteiger partial charge in [0.15, 0.2) is 0 Å². The Morgan fingerprint density at radius 3 is 2.52 bits per heavy atom. The third kappa shape index (κ3) is 3.11. The predicted octanol–water partition coefficient (Wildman–Crippen LogP) is 4.00. The number of H-pyrrole nitrogens is 1. The molecule has 1 amide bonds. The van der Waals surface area contributed by atoms with Gasteiger partial charge in [-0.3, -0.25) is 4.79 Å². The van der Waals surface area contributed by atoms with Crippen LogP contribution in [0.1, 0.15) is 32.1 Å². The minimum atomic E-state index is -1.09. The van der Waals surface area contributed by atoms with Crippen molar-refractivity contribution >= 4 is 45.1 Å². The number of carboxylic acids is 1. The molecule has 1 aromatic carbocycles. The topological polar surface area (TPSA) is 82.2 Å². The second-order valence-electron chi connectivity index (χ2n) is 4.51. The number of nitrogens with one attached hydrogen (secondary N) is 2. The van der Waals surface area contributed by atoms with E-state index in [4.69, 9.17) is 16.7 Å². The van der Waals surface area contributed by atoms with E-state index in [1.165, 1.54) is 0 Å². The van der Waals surface area contributed by atoms with E-state index in [1.54, 1.807) is 32.0 Å². The molecule has 0 unspecified atom stereocenters. The Bertz CT molecular complexity index is 740. The molecule has 0 fully saturated rings. The highest BCUT2D eigenvalue weighted by molar-refractivity contribution is 9.10. The molecule has 2 aromatic rings. The smallest absolute Gasteiger partial charge is 0.352 e. The van der Waals surface area contributed by atoms with Crippen molar-refractivity contribution in [2.75, 3.05) is 5.32 Å². The van der Waals surface area contributed by atoms with Crippen LogP contribution >= 0.6 is 27.5 Å². The number of aryl methyl sites for hydroxylation is 1. The van der Waals surface area contributed by atoms with E-state index in [0.717, 1.165) is 0 Å². The highest BCUT2D eigenvalue weighted by Crippen LogP contribution is 2.26. The van der Waals surface area contributed by atoms with Gasteiger partial charge in [-0.15, -0.1) is 0 Å². The van der Waals surface area contributed by atoms with Gasteiger partial charge in [0, 0.05) is 15.9 Å². The van der Waals surface area contributed by atoms with Gasteiger partial charge in [-0.1, -0.05) is 11.6 Å². The zero-order chi connectivity index (χ0) is 15.7. The molecule has 0 saturated heterocycles. The third-order valence-electron chi connectivity index (χ3n) is 3.06. The van der Waals surface area contributed by atoms with Crippen LogP contribution in [0.4, 0.5) is 5.69 Å². The number of aromatic nitrogens is 1. The summed E-state index contributed by atoms with van der Waals surface area (Å²) in [5.74, 6) is -1.47. The minimum Gasteiger partial charge on any atom is -0.477 e. The Morgan fingerprint density at radius 1 is 1.33 bits per heavy atom. The number of hydrogen-bond acceptors (Lipinski definition) is 2. The van der Waals surface area contributed by atoms with Crippen molar-refractivity contribution in [1.82, 2.24) is 4.98 Å². The molecule has 0 radical (unpaired) electrons. The van der Waals surface area contributed by atoms with Gasteiger partial charge in [-0.25, -0.2) is 4.79 Å². The Hall–Kier alpha value is -1.79. The van der Waals surface area contributed by atoms with Gasteiger partial charge in [0.25, 0.3) is 5.91 Å². The normalized spacial score (nSPS) is 10.5. The number of aromatic carboxylic acids is 1. The van der Waals surface area contributed by atoms with Crippen LogP contribution in [0.25, 0.3) is 0 Å². The highest BCUT2D eigenvalue weighted by atomic mass is 79.9. The number of rotatable bonds is 3. The van der Waals surface area contributed by atoms with E-state index in [2.05, 4.69) is 26.2 Å². The molecule has 0 spiro atoms. The number of carbonyl (C=O) groups is 2. The molecule has 110 valence electrons. The first-order valence-corrected chi connectivity index (χ1v) is 7.17. The van der Waals surface area contributed by atoms with Crippen molar-refractivity contribution < 1.29 is 14.7 Å². The van der Waals surface area contributed by atoms with Gasteiger partial charge in [-0.05, 0) is 53.5 Å². The summed E-state index contributed by atoms with van der Waals surface area (Å²) in [6.45, 7) is 3.26. The molecule has 0 bridgehead atoms. The lowest BCUT2D eigenvalue weighted by atomic mass is 10.1. The van der Waals surface area contributed by atoms with Crippen molar-refractivity contribution in [2.45, 2.75) is 13.8 Å². The van der Waals surface area contributed by atoms with Crippen LogP contribution in [0.3, 0.4) is 0 Å². The van der Waals surface area contributed by atoms with Crippen molar-refractivity contribution in [2.24, 2.45) is 0 Å². The van der Waals surface area contributed by atoms with Crippen molar-refractivity contribution in [1.29, 1.82) is 0 Å². The van der Waals surface area contributed by atoms with Gasteiger partial charge >= 0.3 is 5.97 Å². The van der Waals surface area contributed by atoms with Crippen LogP contribution in [0.2, 0.25) is 5.02 Å². The predicted molar refractivity (Wildman–Crippen MR) is 84.3 cm³/mol. The fraction of sp³-hybridized carbons (Fsp3) is 0.143. The Morgan fingerprint density at radius 2 is 2.00 bits per heavy atom. The van der Waals surface area contributed by atoms with E-state index in [1.807, 2.05) is 0 Å². The summed E-state index contributed by atoms with van der Waals surface area (Å²) in [6, 6.07) is 5.00. The molecule has 1 aromatic heterocycles. The molecular weight excluding hydrogens is 360 g/mol. The number of carbonyl (C=O) groups excluding carboxylic acids is 1. The van der Waals surface area contributed by atoms with E-state index >= 15 is 0 Å². The first kappa shape index (κ1) is 15.6. The van der Waals surface area contributed by atoms with Gasteiger partial charge in [0.05, 0.1) is 10.6 Å². The highest BCUT2D eigenvalue weighted by Gasteiger charge is 2.21. The number of hydrogen-bond donors (Lipinski definition) is 3. The summed E-state index contributed by atoms with van der Waals surface area (Å²) in [6.07, 6.45) is 0. The molecule has 1 heterocycles. The van der Waals surface area contributed by atoms with Crippen molar-refractivity contribution in [3.05, 3.63) is 50.2 Å². The van der Waals surface area contributed by atoms with Crippen LogP contribution in [0.5, 0.6) is 0 Å². The maximum atomic E-state index is 12.3. The van der Waals surface area contributed by atoms with Crippen LogP contribution in [-0.4, -0.2) is 22.0 Å². The molecule has 0 aliphatic rings. The molecule has 7 heteroatoms. The number of anilines is 1. The van der Waals surface area contributed by atoms with Gasteiger partial charge in [0.2, 0.25) is 0 Å². The number of benzene rings is 1. The summed E-state index contributed by atoms with van der Waals surface area (Å²) < 4.78 is 0.663. The summed E-state index contributed by atoms with van der Waals surface area (Å²) in [4.78, 5) is 26.1. The number of aromatic amines is 1. The molecule has 2 rings (SSSR count). The van der Waals surface area contributed by atoms with Crippen LogP contribution in [0, 0.1) is 13.8 Å². The molecule has 0 saturated carbocycles. The Kier molecular flexibility index (Phi) is 4.39. The zero-order valence-corrected chi connectivity index (χ0v) is 13.6. The summed E-state index contributed by atoms with van der Waals surface area (Å²) in [5.41, 5.74) is 1.84. The first-order chi connectivity index (χ1) is 9.81. The van der Waals surface area contributed by atoms with E-state index in [0.29, 0.717) is 32.0 Å². The SMILES string of the molecule is Cc1[nH]c(C(=O)O)c(C)c1C(=O)Nc1ccc(Cl)c(Br)c1. The minimum absolute atomic E-state index is 0.0231. The average Bonchev–Trinajstić information content (AvgIpc) is 2.69. The van der Waals surface area contributed by atoms with Gasteiger partial charge < -0.3 is 15.4 Å². The van der Waals surface area contributed by atoms with Gasteiger partial charge in [0.1, 0.15) is 5.69 Å². The number of amides is 1. The largest absolute Gasteiger partial charge is 0.477 e. The molecule has 21 heavy (non-hydrogen) atoms. The van der Waals surface area contributed by atoms with Crippen LogP contribution < -0.4 is 5.32 Å². The molecule has 0 atom stereocenters. The molecule has 0 aliphatic heterocycles. The van der Waals surface area contributed by atoms with E-state index < -0.39 is 5.97 Å². The van der Waals surface area contributed by atoms with Crippen LogP contribution in [0.15, 0.2) is 22.7 Å². The number of halogens is 2. The monoisotopic (exact) mass is 370 g/mol. The van der Waals surface area contributed by atoms with E-state index in [-0.39, 0.29) is 11.6 Å². The van der Waals surface area contributed by atoms with Crippen molar-refractivity contribution in [3.63, 3.8) is 0 Å². The third-order valence-corrected chi connectivity index (χ3v) is 4.27. The molecule has 3 N–H and O–H groups in total. The summed E-state index contributed by atoms with van der Waals surface area (Å²) in [7, 11) is 0. The van der Waals surface area contributed by atoms with Crippen molar-refractivity contribution in [3.8, 4) is 0 Å². The first-order valence-electron chi connectivity index (χ1n) is 6.00. The second kappa shape index (κ2) is 5.91. The standard InChI is InChI=1S/C14H12BrClN2O3/c1-6-11(7(2)17-12(6)14(20)21)13(19)18-8-3-4-10(16)9(15)5-8/h3-5,17H,1-2H3,(H,18,19)(H,20,21).